The summed E-state index contributed by atoms with van der Waals surface area (Å²) in [4.78, 5) is 7.39. The van der Waals surface area contributed by atoms with Gasteiger partial charge >= 0.3 is 0 Å². The van der Waals surface area contributed by atoms with E-state index in [0.29, 0.717) is 16.4 Å². The Morgan fingerprint density at radius 1 is 1.17 bits per heavy atom. The summed E-state index contributed by atoms with van der Waals surface area (Å²) in [7, 11) is 0. The van der Waals surface area contributed by atoms with E-state index in [9.17, 15) is 0 Å². The summed E-state index contributed by atoms with van der Waals surface area (Å²) in [6.07, 6.45) is 9.17. The van der Waals surface area contributed by atoms with Crippen LogP contribution in [-0.2, 0) is 0 Å². The predicted molar refractivity (Wildman–Crippen MR) is 152 cm³/mol. The fourth-order valence-electron chi connectivity index (χ4n) is 5.83. The van der Waals surface area contributed by atoms with Gasteiger partial charge in [-0.05, 0) is 93.2 Å². The fourth-order valence-corrected chi connectivity index (χ4v) is 7.26. The molecule has 0 radical (unpaired) electrons. The van der Waals surface area contributed by atoms with Gasteiger partial charge in [-0.25, -0.2) is 10.8 Å². The summed E-state index contributed by atoms with van der Waals surface area (Å²) < 4.78 is 1.28. The smallest absolute Gasteiger partial charge is 0.186 e. The number of aromatic nitrogens is 1. The van der Waals surface area contributed by atoms with Crippen LogP contribution < -0.4 is 21.5 Å². The van der Waals surface area contributed by atoms with Gasteiger partial charge in [0.2, 0.25) is 0 Å². The van der Waals surface area contributed by atoms with Crippen molar-refractivity contribution in [2.75, 3.05) is 23.0 Å². The number of para-hydroxylation sites is 1. The van der Waals surface area contributed by atoms with Crippen LogP contribution in [0.25, 0.3) is 10.2 Å². The number of hydrazine groups is 1. The molecule has 2 heterocycles. The highest BCUT2D eigenvalue weighted by Crippen LogP contribution is 2.53. The van der Waals surface area contributed by atoms with E-state index in [2.05, 4.69) is 36.1 Å². The Morgan fingerprint density at radius 3 is 2.61 bits per heavy atom. The third kappa shape index (κ3) is 4.40. The minimum absolute atomic E-state index is 0.398. The standard InChI is InChI=1S/C29H34ClN5S/c1-18-6-9-23-25(14-18)36-28(33-23)34-12-10-29(11-13-34)16-20(17-29)15-24(26(31)21-7-8-21)35(32)27-19(2)4-3-5-22(27)30/h3-6,9,14-15,21H,7-8,10-13,16-17,31-32H2,1-2H3/b26-24-. The zero-order valence-electron chi connectivity index (χ0n) is 21.1. The molecule has 2 saturated carbocycles. The molecule has 1 aromatic heterocycles. The van der Waals surface area contributed by atoms with Crippen LogP contribution in [0.3, 0.4) is 0 Å². The second kappa shape index (κ2) is 9.09. The van der Waals surface area contributed by atoms with Crippen molar-refractivity contribution in [3.05, 3.63) is 75.6 Å². The first-order valence-corrected chi connectivity index (χ1v) is 14.1. The molecule has 188 valence electrons. The van der Waals surface area contributed by atoms with Gasteiger partial charge in [-0.3, -0.25) is 5.01 Å². The first kappa shape index (κ1) is 23.8. The van der Waals surface area contributed by atoms with Crippen molar-refractivity contribution < 1.29 is 0 Å². The second-order valence-electron chi connectivity index (χ2n) is 11.0. The topological polar surface area (TPSA) is 71.4 Å². The van der Waals surface area contributed by atoms with Crippen LogP contribution >= 0.6 is 22.9 Å². The van der Waals surface area contributed by atoms with Crippen LogP contribution in [0.1, 0.15) is 49.7 Å². The van der Waals surface area contributed by atoms with E-state index in [4.69, 9.17) is 28.2 Å². The Labute approximate surface area is 222 Å². The van der Waals surface area contributed by atoms with Gasteiger partial charge < -0.3 is 10.6 Å². The molecule has 2 aliphatic carbocycles. The van der Waals surface area contributed by atoms with Crippen LogP contribution in [0.2, 0.25) is 5.02 Å². The lowest BCUT2D eigenvalue weighted by molar-refractivity contribution is 0.153. The van der Waals surface area contributed by atoms with E-state index in [1.54, 1.807) is 5.01 Å². The van der Waals surface area contributed by atoms with E-state index in [1.165, 1.54) is 28.7 Å². The Morgan fingerprint density at radius 2 is 1.92 bits per heavy atom. The number of hydrogen-bond donors (Lipinski definition) is 2. The van der Waals surface area contributed by atoms with Crippen LogP contribution in [-0.4, -0.2) is 18.1 Å². The van der Waals surface area contributed by atoms with Gasteiger partial charge in [0.1, 0.15) is 0 Å². The van der Waals surface area contributed by atoms with E-state index in [-0.39, 0.29) is 0 Å². The normalized spacial score (nSPS) is 19.9. The molecule has 0 bridgehead atoms. The Hall–Kier alpha value is -2.54. The summed E-state index contributed by atoms with van der Waals surface area (Å²) in [5.74, 6) is 7.11. The van der Waals surface area contributed by atoms with E-state index >= 15 is 0 Å². The molecule has 36 heavy (non-hydrogen) atoms. The number of aryl methyl sites for hydroxylation is 2. The fraction of sp³-hybridized carbons (Fsp3) is 0.414. The summed E-state index contributed by atoms with van der Waals surface area (Å²) in [6, 6.07) is 12.4. The van der Waals surface area contributed by atoms with E-state index in [0.717, 1.165) is 72.1 Å². The first-order valence-electron chi connectivity index (χ1n) is 12.9. The van der Waals surface area contributed by atoms with Gasteiger partial charge in [0.25, 0.3) is 0 Å². The summed E-state index contributed by atoms with van der Waals surface area (Å²) in [6.45, 7) is 6.32. The van der Waals surface area contributed by atoms with Crippen molar-refractivity contribution in [2.45, 2.75) is 52.4 Å². The van der Waals surface area contributed by atoms with Crippen molar-refractivity contribution in [3.63, 3.8) is 0 Å². The van der Waals surface area contributed by atoms with Crippen LogP contribution in [0.5, 0.6) is 0 Å². The molecular formula is C29H34ClN5S. The highest BCUT2D eigenvalue weighted by atomic mass is 35.5. The van der Waals surface area contributed by atoms with Gasteiger partial charge in [-0.15, -0.1) is 0 Å². The molecule has 1 spiro atoms. The number of nitrogens with two attached hydrogens (primary N) is 2. The molecule has 0 unspecified atom stereocenters. The molecule has 1 aliphatic heterocycles. The Kier molecular flexibility index (Phi) is 6.02. The number of nitrogens with zero attached hydrogens (tertiary/aromatic N) is 3. The molecule has 6 rings (SSSR count). The average molecular weight is 520 g/mol. The lowest BCUT2D eigenvalue weighted by Gasteiger charge is -2.49. The van der Waals surface area contributed by atoms with E-state index < -0.39 is 0 Å². The number of allylic oxidation sites excluding steroid dienone is 3. The molecular weight excluding hydrogens is 486 g/mol. The molecule has 3 aromatic rings. The number of benzene rings is 2. The van der Waals surface area contributed by atoms with Crippen molar-refractivity contribution in [1.82, 2.24) is 4.98 Å². The van der Waals surface area contributed by atoms with E-state index in [1.807, 2.05) is 36.5 Å². The molecule has 1 saturated heterocycles. The maximum absolute atomic E-state index is 6.68. The molecule has 5 nitrogen and oxygen atoms in total. The number of anilines is 2. The minimum atomic E-state index is 0.398. The molecule has 4 N–H and O–H groups in total. The number of thiazole rings is 1. The monoisotopic (exact) mass is 519 g/mol. The third-order valence-electron chi connectivity index (χ3n) is 8.17. The van der Waals surface area contributed by atoms with Gasteiger partial charge in [-0.1, -0.05) is 46.7 Å². The molecule has 3 fully saturated rings. The SMILES string of the molecule is Cc1ccc2nc(N3CCC4(CC3)CC(=C/C(=C(/N)C3CC3)N(N)c3c(C)cccc3Cl)C4)sc2c1. The summed E-state index contributed by atoms with van der Waals surface area (Å²) in [5, 5.41) is 3.54. The van der Waals surface area contributed by atoms with Gasteiger partial charge in [0.15, 0.2) is 5.13 Å². The predicted octanol–water partition coefficient (Wildman–Crippen LogP) is 6.83. The van der Waals surface area contributed by atoms with Crippen molar-refractivity contribution in [2.24, 2.45) is 22.9 Å². The van der Waals surface area contributed by atoms with Gasteiger partial charge in [0.05, 0.1) is 26.6 Å². The summed E-state index contributed by atoms with van der Waals surface area (Å²) >= 11 is 8.37. The lowest BCUT2D eigenvalue weighted by Crippen LogP contribution is -2.44. The Bertz CT molecular complexity index is 1350. The van der Waals surface area contributed by atoms with Gasteiger partial charge in [-0.2, -0.15) is 0 Å². The molecule has 0 amide bonds. The Balaban J connectivity index is 1.16. The number of rotatable bonds is 5. The van der Waals surface area contributed by atoms with Gasteiger partial charge in [0, 0.05) is 24.7 Å². The molecule has 2 aromatic carbocycles. The van der Waals surface area contributed by atoms with Crippen LogP contribution in [0.15, 0.2) is 59.4 Å². The highest BCUT2D eigenvalue weighted by molar-refractivity contribution is 7.22. The number of halogens is 1. The van der Waals surface area contributed by atoms with Crippen molar-refractivity contribution in [1.29, 1.82) is 0 Å². The molecule has 7 heteroatoms. The molecule has 0 atom stereocenters. The third-order valence-corrected chi connectivity index (χ3v) is 9.56. The zero-order chi connectivity index (χ0) is 25.0. The number of hydrogen-bond acceptors (Lipinski definition) is 6. The van der Waals surface area contributed by atoms with Crippen LogP contribution in [0, 0.1) is 25.2 Å². The highest BCUT2D eigenvalue weighted by Gasteiger charge is 2.43. The van der Waals surface area contributed by atoms with Crippen molar-refractivity contribution in [3.8, 4) is 0 Å². The maximum Gasteiger partial charge on any atom is 0.186 e. The quantitative estimate of drug-likeness (QED) is 0.285. The van der Waals surface area contributed by atoms with Crippen LogP contribution in [0.4, 0.5) is 10.8 Å². The second-order valence-corrected chi connectivity index (χ2v) is 12.4. The largest absolute Gasteiger partial charge is 0.400 e. The number of piperidine rings is 1. The average Bonchev–Trinajstić information content (AvgIpc) is 3.60. The minimum Gasteiger partial charge on any atom is -0.400 e. The maximum atomic E-state index is 6.68. The molecule has 3 aliphatic rings. The first-order chi connectivity index (χ1) is 17.3. The zero-order valence-corrected chi connectivity index (χ0v) is 22.6. The lowest BCUT2D eigenvalue weighted by atomic mass is 9.60. The van der Waals surface area contributed by atoms with Crippen molar-refractivity contribution >= 4 is 44.0 Å². The number of fused-ring (bicyclic) bond motifs is 1. The summed E-state index contributed by atoms with van der Waals surface area (Å²) in [5.41, 5.74) is 14.6.